The Morgan fingerprint density at radius 3 is 2.76 bits per heavy atom. The molecule has 3 rings (SSSR count). The summed E-state index contributed by atoms with van der Waals surface area (Å²) < 4.78 is 0. The highest BCUT2D eigenvalue weighted by molar-refractivity contribution is 7.99. The molecule has 2 aromatic carbocycles. The summed E-state index contributed by atoms with van der Waals surface area (Å²) in [7, 11) is 0. The minimum absolute atomic E-state index is 0.000772. The number of carbonyl (C=O) groups is 1. The molecular weight excluding hydrogens is 352 g/mol. The molecule has 0 aliphatic carbocycles. The number of rotatable bonds is 5. The molecular formula is C20H23ClN2OS. The molecule has 2 aromatic rings. The van der Waals surface area contributed by atoms with E-state index in [-0.39, 0.29) is 11.9 Å². The van der Waals surface area contributed by atoms with E-state index in [0.717, 1.165) is 41.5 Å². The average molecular weight is 375 g/mol. The third-order valence-electron chi connectivity index (χ3n) is 4.46. The van der Waals surface area contributed by atoms with Gasteiger partial charge >= 0.3 is 0 Å². The quantitative estimate of drug-likeness (QED) is 0.800. The zero-order chi connectivity index (χ0) is 17.8. The van der Waals surface area contributed by atoms with Crippen LogP contribution in [0.5, 0.6) is 0 Å². The Balaban J connectivity index is 1.82. The van der Waals surface area contributed by atoms with Crippen molar-refractivity contribution in [3.63, 3.8) is 0 Å². The Morgan fingerprint density at radius 1 is 1.28 bits per heavy atom. The maximum absolute atomic E-state index is 12.5. The Kier molecular flexibility index (Phi) is 5.92. The summed E-state index contributed by atoms with van der Waals surface area (Å²) in [5.41, 5.74) is 3.09. The normalized spacial score (nSPS) is 14.8. The van der Waals surface area contributed by atoms with Crippen molar-refractivity contribution >= 4 is 35.0 Å². The van der Waals surface area contributed by atoms with E-state index in [2.05, 4.69) is 35.3 Å². The van der Waals surface area contributed by atoms with Crippen molar-refractivity contribution in [2.45, 2.75) is 37.8 Å². The second-order valence-electron chi connectivity index (χ2n) is 6.36. The molecule has 1 amide bonds. The zero-order valence-electron chi connectivity index (χ0n) is 14.6. The van der Waals surface area contributed by atoms with Crippen LogP contribution in [0.1, 0.15) is 36.2 Å². The lowest BCUT2D eigenvalue weighted by molar-refractivity contribution is 0.0939. The fraction of sp³-hybridized carbons (Fsp3) is 0.350. The number of nitrogens with one attached hydrogen (secondary N) is 1. The molecule has 1 aliphatic heterocycles. The van der Waals surface area contributed by atoms with E-state index >= 15 is 0 Å². The van der Waals surface area contributed by atoms with E-state index in [0.29, 0.717) is 0 Å². The number of amides is 1. The summed E-state index contributed by atoms with van der Waals surface area (Å²) in [4.78, 5) is 16.0. The van der Waals surface area contributed by atoms with Crippen molar-refractivity contribution in [2.75, 3.05) is 17.2 Å². The molecule has 0 fully saturated rings. The molecule has 0 saturated carbocycles. The molecule has 0 unspecified atom stereocenters. The van der Waals surface area contributed by atoms with Crippen molar-refractivity contribution in [3.05, 3.63) is 58.6 Å². The van der Waals surface area contributed by atoms with Gasteiger partial charge in [0.2, 0.25) is 0 Å². The number of thioether (sulfide) groups is 1. The molecule has 3 nitrogen and oxygen atoms in total. The molecule has 25 heavy (non-hydrogen) atoms. The zero-order valence-corrected chi connectivity index (χ0v) is 16.2. The van der Waals surface area contributed by atoms with Crippen LogP contribution < -0.4 is 10.2 Å². The number of hydrogen-bond donors (Lipinski definition) is 1. The molecule has 1 N–H and O–H groups in total. The summed E-state index contributed by atoms with van der Waals surface area (Å²) in [6.07, 6.45) is 0.926. The predicted molar refractivity (Wildman–Crippen MR) is 107 cm³/mol. The van der Waals surface area contributed by atoms with Crippen LogP contribution in [-0.2, 0) is 6.54 Å². The highest BCUT2D eigenvalue weighted by atomic mass is 35.5. The minimum atomic E-state index is -0.000772. The molecule has 0 aromatic heterocycles. The van der Waals surface area contributed by atoms with Gasteiger partial charge in [0.1, 0.15) is 0 Å². The number of nitrogens with zero attached hydrogens (tertiary/aromatic N) is 1. The predicted octanol–water partition coefficient (Wildman–Crippen LogP) is 4.98. The Bertz CT molecular complexity index is 748. The molecule has 132 valence electrons. The molecule has 1 atom stereocenters. The van der Waals surface area contributed by atoms with Crippen molar-refractivity contribution in [2.24, 2.45) is 0 Å². The van der Waals surface area contributed by atoms with Gasteiger partial charge < -0.3 is 10.2 Å². The van der Waals surface area contributed by atoms with Gasteiger partial charge in [-0.2, -0.15) is 0 Å². The molecule has 1 heterocycles. The first kappa shape index (κ1) is 18.2. The lowest BCUT2D eigenvalue weighted by atomic mass is 10.1. The molecule has 0 bridgehead atoms. The standard InChI is InChI=1S/C20H23ClN2OS/c1-3-14(2)22-20(24)16-6-9-19-18(12-16)23(10-11-25-19)13-15-4-7-17(21)8-5-15/h4-9,12,14H,3,10-11,13H2,1-2H3,(H,22,24)/t14-/m0/s1. The van der Waals surface area contributed by atoms with Gasteiger partial charge in [0, 0.05) is 40.4 Å². The number of hydrogen-bond acceptors (Lipinski definition) is 3. The smallest absolute Gasteiger partial charge is 0.251 e. The van der Waals surface area contributed by atoms with Crippen LogP contribution in [0.25, 0.3) is 0 Å². The molecule has 5 heteroatoms. The maximum atomic E-state index is 12.5. The van der Waals surface area contributed by atoms with Crippen LogP contribution in [0.15, 0.2) is 47.4 Å². The number of halogens is 1. The van der Waals surface area contributed by atoms with Gasteiger partial charge in [-0.05, 0) is 49.2 Å². The summed E-state index contributed by atoms with van der Waals surface area (Å²) in [5, 5.41) is 3.80. The van der Waals surface area contributed by atoms with E-state index in [9.17, 15) is 4.79 Å². The van der Waals surface area contributed by atoms with Crippen molar-refractivity contribution in [3.8, 4) is 0 Å². The second kappa shape index (κ2) is 8.15. The number of anilines is 1. The van der Waals surface area contributed by atoms with Crippen LogP contribution in [0.3, 0.4) is 0 Å². The van der Waals surface area contributed by atoms with E-state index in [1.54, 1.807) is 0 Å². The Morgan fingerprint density at radius 2 is 2.04 bits per heavy atom. The largest absolute Gasteiger partial charge is 0.365 e. The van der Waals surface area contributed by atoms with Crippen LogP contribution in [0.2, 0.25) is 5.02 Å². The average Bonchev–Trinajstić information content (AvgIpc) is 2.63. The van der Waals surface area contributed by atoms with E-state index in [1.807, 2.05) is 43.0 Å². The SMILES string of the molecule is CC[C@H](C)NC(=O)c1ccc2c(c1)N(Cc1ccc(Cl)cc1)CCS2. The highest BCUT2D eigenvalue weighted by Crippen LogP contribution is 2.36. The fourth-order valence-electron chi connectivity index (χ4n) is 2.80. The van der Waals surface area contributed by atoms with Crippen LogP contribution >= 0.6 is 23.4 Å². The first-order valence-electron chi connectivity index (χ1n) is 8.64. The number of carbonyl (C=O) groups excluding carboxylic acids is 1. The fourth-order valence-corrected chi connectivity index (χ4v) is 3.96. The number of benzene rings is 2. The summed E-state index contributed by atoms with van der Waals surface area (Å²) >= 11 is 7.83. The number of fused-ring (bicyclic) bond motifs is 1. The van der Waals surface area contributed by atoms with Crippen LogP contribution in [0.4, 0.5) is 5.69 Å². The summed E-state index contributed by atoms with van der Waals surface area (Å²) in [6, 6.07) is 14.2. The van der Waals surface area contributed by atoms with Gasteiger partial charge in [-0.1, -0.05) is 30.7 Å². The molecule has 0 radical (unpaired) electrons. The molecule has 0 saturated heterocycles. The van der Waals surface area contributed by atoms with Gasteiger partial charge in [0.15, 0.2) is 0 Å². The van der Waals surface area contributed by atoms with E-state index in [4.69, 9.17) is 11.6 Å². The van der Waals surface area contributed by atoms with Crippen molar-refractivity contribution in [1.82, 2.24) is 5.32 Å². The minimum Gasteiger partial charge on any atom is -0.365 e. The first-order valence-corrected chi connectivity index (χ1v) is 10.00. The Hall–Kier alpha value is -1.65. The highest BCUT2D eigenvalue weighted by Gasteiger charge is 2.20. The lowest BCUT2D eigenvalue weighted by Gasteiger charge is -2.31. The van der Waals surface area contributed by atoms with Gasteiger partial charge in [0.25, 0.3) is 5.91 Å². The second-order valence-corrected chi connectivity index (χ2v) is 7.93. The maximum Gasteiger partial charge on any atom is 0.251 e. The summed E-state index contributed by atoms with van der Waals surface area (Å²) in [6.45, 7) is 5.89. The topological polar surface area (TPSA) is 32.3 Å². The van der Waals surface area contributed by atoms with Crippen LogP contribution in [0, 0.1) is 0 Å². The van der Waals surface area contributed by atoms with Crippen LogP contribution in [-0.4, -0.2) is 24.2 Å². The van der Waals surface area contributed by atoms with E-state index < -0.39 is 0 Å². The van der Waals surface area contributed by atoms with Gasteiger partial charge in [-0.15, -0.1) is 11.8 Å². The first-order chi connectivity index (χ1) is 12.1. The molecule has 1 aliphatic rings. The molecule has 0 spiro atoms. The third kappa shape index (κ3) is 4.50. The van der Waals surface area contributed by atoms with E-state index in [1.165, 1.54) is 10.5 Å². The Labute approximate surface area is 158 Å². The van der Waals surface area contributed by atoms with Crippen molar-refractivity contribution < 1.29 is 4.79 Å². The van der Waals surface area contributed by atoms with Crippen molar-refractivity contribution in [1.29, 1.82) is 0 Å². The van der Waals surface area contributed by atoms with Gasteiger partial charge in [-0.3, -0.25) is 4.79 Å². The summed E-state index contributed by atoms with van der Waals surface area (Å²) in [5.74, 6) is 1.05. The lowest BCUT2D eigenvalue weighted by Crippen LogP contribution is -2.33. The third-order valence-corrected chi connectivity index (χ3v) is 5.75. The van der Waals surface area contributed by atoms with Gasteiger partial charge in [-0.25, -0.2) is 0 Å². The monoisotopic (exact) mass is 374 g/mol. The van der Waals surface area contributed by atoms with Gasteiger partial charge in [0.05, 0.1) is 5.69 Å².